The minimum absolute atomic E-state index is 0.139. The molecule has 0 saturated carbocycles. The zero-order valence-electron chi connectivity index (χ0n) is 19.3. The van der Waals surface area contributed by atoms with Crippen molar-refractivity contribution in [2.45, 2.75) is 39.5 Å². The van der Waals surface area contributed by atoms with Crippen LogP contribution in [0.1, 0.15) is 47.2 Å². The van der Waals surface area contributed by atoms with Gasteiger partial charge < -0.3 is 25.6 Å². The number of nitrogens with one attached hydrogen (secondary N) is 3. The SMILES string of the molecule is COCCCNC(=O)c1cc(NC(=O)Nc2ccc(C)c(C)c2)ccc1N1CCCCC1. The zero-order valence-corrected chi connectivity index (χ0v) is 19.3. The van der Waals surface area contributed by atoms with Crippen molar-refractivity contribution >= 4 is 29.0 Å². The van der Waals surface area contributed by atoms with E-state index in [1.807, 2.05) is 44.2 Å². The highest BCUT2D eigenvalue weighted by atomic mass is 16.5. The molecule has 0 aromatic heterocycles. The second-order valence-corrected chi connectivity index (χ2v) is 8.26. The highest BCUT2D eigenvalue weighted by molar-refractivity contribution is 6.04. The fraction of sp³-hybridized carbons (Fsp3) is 0.440. The summed E-state index contributed by atoms with van der Waals surface area (Å²) in [6.45, 7) is 7.05. The Hall–Kier alpha value is -3.06. The van der Waals surface area contributed by atoms with E-state index < -0.39 is 0 Å². The molecule has 1 aliphatic heterocycles. The highest BCUT2D eigenvalue weighted by Crippen LogP contribution is 2.27. The van der Waals surface area contributed by atoms with Crippen LogP contribution in [0.25, 0.3) is 0 Å². The minimum Gasteiger partial charge on any atom is -0.385 e. The number of hydrogen-bond acceptors (Lipinski definition) is 4. The quantitative estimate of drug-likeness (QED) is 0.522. The summed E-state index contributed by atoms with van der Waals surface area (Å²) in [6, 6.07) is 11.0. The maximum atomic E-state index is 13.0. The summed E-state index contributed by atoms with van der Waals surface area (Å²) < 4.78 is 5.06. The number of benzene rings is 2. The van der Waals surface area contributed by atoms with Crippen molar-refractivity contribution in [3.8, 4) is 0 Å². The molecule has 2 aromatic carbocycles. The standard InChI is InChI=1S/C25H34N4O3/c1-18-8-9-20(16-19(18)2)27-25(31)28-21-10-11-23(29-13-5-4-6-14-29)22(17-21)24(30)26-12-7-15-32-3/h8-11,16-17H,4-7,12-15H2,1-3H3,(H,26,30)(H2,27,28,31). The Kier molecular flexibility index (Phi) is 8.50. The van der Waals surface area contributed by atoms with Gasteiger partial charge in [-0.15, -0.1) is 0 Å². The first-order chi connectivity index (χ1) is 15.5. The lowest BCUT2D eigenvalue weighted by Gasteiger charge is -2.30. The molecular formula is C25H34N4O3. The molecule has 172 valence electrons. The van der Waals surface area contributed by atoms with Gasteiger partial charge in [0.05, 0.1) is 5.56 Å². The number of nitrogens with zero attached hydrogens (tertiary/aromatic N) is 1. The molecular weight excluding hydrogens is 404 g/mol. The van der Waals surface area contributed by atoms with E-state index in [0.717, 1.165) is 49.3 Å². The second kappa shape index (κ2) is 11.5. The topological polar surface area (TPSA) is 82.7 Å². The number of amides is 3. The summed E-state index contributed by atoms with van der Waals surface area (Å²) in [6.07, 6.45) is 4.20. The Bertz CT molecular complexity index is 939. The van der Waals surface area contributed by atoms with Crippen LogP contribution in [0, 0.1) is 13.8 Å². The lowest BCUT2D eigenvalue weighted by Crippen LogP contribution is -2.33. The molecule has 7 heteroatoms. The van der Waals surface area contributed by atoms with Gasteiger partial charge in [-0.1, -0.05) is 6.07 Å². The Morgan fingerprint density at radius 2 is 1.62 bits per heavy atom. The van der Waals surface area contributed by atoms with E-state index in [4.69, 9.17) is 4.74 Å². The number of methoxy groups -OCH3 is 1. The van der Waals surface area contributed by atoms with E-state index in [-0.39, 0.29) is 11.9 Å². The third-order valence-electron chi connectivity index (χ3n) is 5.77. The largest absolute Gasteiger partial charge is 0.385 e. The first-order valence-electron chi connectivity index (χ1n) is 11.3. The molecule has 7 nitrogen and oxygen atoms in total. The molecule has 1 saturated heterocycles. The highest BCUT2D eigenvalue weighted by Gasteiger charge is 2.19. The summed E-state index contributed by atoms with van der Waals surface area (Å²) in [5, 5.41) is 8.69. The van der Waals surface area contributed by atoms with E-state index in [0.29, 0.717) is 24.4 Å². The summed E-state index contributed by atoms with van der Waals surface area (Å²) in [5.74, 6) is -0.139. The molecule has 0 unspecified atom stereocenters. The van der Waals surface area contributed by atoms with Crippen LogP contribution in [0.4, 0.5) is 21.9 Å². The molecule has 3 N–H and O–H groups in total. The average Bonchev–Trinajstić information content (AvgIpc) is 2.79. The number of anilines is 3. The maximum Gasteiger partial charge on any atom is 0.323 e. The summed E-state index contributed by atoms with van der Waals surface area (Å²) >= 11 is 0. The molecule has 3 rings (SSSR count). The molecule has 0 spiro atoms. The number of urea groups is 1. The molecule has 1 aliphatic rings. The van der Waals surface area contributed by atoms with Crippen molar-refractivity contribution in [2.75, 3.05) is 48.9 Å². The number of aryl methyl sites for hydroxylation is 2. The van der Waals surface area contributed by atoms with Gasteiger partial charge in [0.25, 0.3) is 5.91 Å². The summed E-state index contributed by atoms with van der Waals surface area (Å²) in [4.78, 5) is 27.8. The second-order valence-electron chi connectivity index (χ2n) is 8.26. The third kappa shape index (κ3) is 6.47. The number of ether oxygens (including phenoxy) is 1. The Morgan fingerprint density at radius 3 is 2.31 bits per heavy atom. The molecule has 1 fully saturated rings. The minimum atomic E-state index is -0.342. The van der Waals surface area contributed by atoms with Gasteiger partial charge >= 0.3 is 6.03 Å². The molecule has 0 radical (unpaired) electrons. The van der Waals surface area contributed by atoms with E-state index in [9.17, 15) is 9.59 Å². The van der Waals surface area contributed by atoms with Crippen LogP contribution in [0.5, 0.6) is 0 Å². The van der Waals surface area contributed by atoms with Crippen LogP contribution in [-0.2, 0) is 4.74 Å². The summed E-state index contributed by atoms with van der Waals surface area (Å²) in [7, 11) is 1.65. The number of piperidine rings is 1. The van der Waals surface area contributed by atoms with Crippen LogP contribution < -0.4 is 20.9 Å². The van der Waals surface area contributed by atoms with Crippen LogP contribution in [0.15, 0.2) is 36.4 Å². The van der Waals surface area contributed by atoms with Gasteiger partial charge in [-0.25, -0.2) is 4.79 Å². The zero-order chi connectivity index (χ0) is 22.9. The van der Waals surface area contributed by atoms with Gasteiger partial charge in [0.1, 0.15) is 0 Å². The number of hydrogen-bond donors (Lipinski definition) is 3. The van der Waals surface area contributed by atoms with Gasteiger partial charge in [-0.3, -0.25) is 4.79 Å². The van der Waals surface area contributed by atoms with Crippen molar-refractivity contribution in [2.24, 2.45) is 0 Å². The van der Waals surface area contributed by atoms with Crippen molar-refractivity contribution < 1.29 is 14.3 Å². The van der Waals surface area contributed by atoms with Gasteiger partial charge in [-0.2, -0.15) is 0 Å². The first-order valence-corrected chi connectivity index (χ1v) is 11.3. The maximum absolute atomic E-state index is 13.0. The van der Waals surface area contributed by atoms with E-state index in [2.05, 4.69) is 20.9 Å². The van der Waals surface area contributed by atoms with Gasteiger partial charge in [0.15, 0.2) is 0 Å². The van der Waals surface area contributed by atoms with Crippen LogP contribution in [0.2, 0.25) is 0 Å². The number of rotatable bonds is 8. The number of carbonyl (C=O) groups is 2. The monoisotopic (exact) mass is 438 g/mol. The smallest absolute Gasteiger partial charge is 0.323 e. The van der Waals surface area contributed by atoms with E-state index in [1.165, 1.54) is 12.0 Å². The van der Waals surface area contributed by atoms with Crippen molar-refractivity contribution in [1.29, 1.82) is 0 Å². The molecule has 0 bridgehead atoms. The molecule has 32 heavy (non-hydrogen) atoms. The van der Waals surface area contributed by atoms with Gasteiger partial charge in [-0.05, 0) is 81.0 Å². The lowest BCUT2D eigenvalue weighted by atomic mass is 10.1. The Labute approximate surface area is 190 Å². The van der Waals surface area contributed by atoms with Crippen LogP contribution in [-0.4, -0.2) is 45.3 Å². The Balaban J connectivity index is 1.74. The van der Waals surface area contributed by atoms with Gasteiger partial charge in [0.2, 0.25) is 0 Å². The Morgan fingerprint density at radius 1 is 0.938 bits per heavy atom. The van der Waals surface area contributed by atoms with Crippen molar-refractivity contribution in [3.63, 3.8) is 0 Å². The lowest BCUT2D eigenvalue weighted by molar-refractivity contribution is 0.0949. The molecule has 0 atom stereocenters. The average molecular weight is 439 g/mol. The van der Waals surface area contributed by atoms with Crippen LogP contribution >= 0.6 is 0 Å². The van der Waals surface area contributed by atoms with Crippen LogP contribution in [0.3, 0.4) is 0 Å². The first kappa shape index (κ1) is 23.6. The fourth-order valence-corrected chi connectivity index (χ4v) is 3.83. The predicted molar refractivity (Wildman–Crippen MR) is 130 cm³/mol. The molecule has 3 amide bonds. The molecule has 0 aliphatic carbocycles. The number of carbonyl (C=O) groups excluding carboxylic acids is 2. The molecule has 2 aromatic rings. The predicted octanol–water partition coefficient (Wildman–Crippen LogP) is 4.70. The molecule has 1 heterocycles. The van der Waals surface area contributed by atoms with Gasteiger partial charge in [0, 0.05) is 50.4 Å². The van der Waals surface area contributed by atoms with E-state index in [1.54, 1.807) is 13.2 Å². The van der Waals surface area contributed by atoms with Crippen molar-refractivity contribution in [1.82, 2.24) is 5.32 Å². The van der Waals surface area contributed by atoms with E-state index >= 15 is 0 Å². The third-order valence-corrected chi connectivity index (χ3v) is 5.77. The van der Waals surface area contributed by atoms with Crippen molar-refractivity contribution in [3.05, 3.63) is 53.1 Å². The summed E-state index contributed by atoms with van der Waals surface area (Å²) in [5.41, 5.74) is 5.08. The fourth-order valence-electron chi connectivity index (χ4n) is 3.83. The normalized spacial score (nSPS) is 13.5.